The standard InChI is InChI=1S/C12H24N2O2/c1-4-13-11-6-10(3)7-14(8-11)9-12(15)16-5-2/h10-11,13H,4-9H2,1-3H3. The number of carbonyl (C=O) groups is 1. The Bertz CT molecular complexity index is 221. The van der Waals surface area contributed by atoms with Crippen molar-refractivity contribution >= 4 is 5.97 Å². The average Bonchev–Trinajstić information content (AvgIpc) is 2.17. The third-order valence-corrected chi connectivity index (χ3v) is 2.89. The molecule has 0 radical (unpaired) electrons. The molecule has 1 aliphatic rings. The van der Waals surface area contributed by atoms with Gasteiger partial charge in [-0.25, -0.2) is 0 Å². The van der Waals surface area contributed by atoms with Gasteiger partial charge in [0.2, 0.25) is 0 Å². The fourth-order valence-corrected chi connectivity index (χ4v) is 2.42. The first-order valence-corrected chi connectivity index (χ1v) is 6.27. The van der Waals surface area contributed by atoms with Crippen LogP contribution in [0.25, 0.3) is 0 Å². The van der Waals surface area contributed by atoms with Gasteiger partial charge in [-0.15, -0.1) is 0 Å². The van der Waals surface area contributed by atoms with E-state index in [0.29, 0.717) is 25.1 Å². The molecule has 0 amide bonds. The Hall–Kier alpha value is -0.610. The number of esters is 1. The molecule has 0 aromatic rings. The molecular formula is C12H24N2O2. The molecule has 2 unspecified atom stereocenters. The van der Waals surface area contributed by atoms with Gasteiger partial charge in [0.05, 0.1) is 13.2 Å². The molecule has 0 saturated carbocycles. The maximum Gasteiger partial charge on any atom is 0.320 e. The minimum atomic E-state index is -0.105. The lowest BCUT2D eigenvalue weighted by Gasteiger charge is -2.36. The number of carbonyl (C=O) groups excluding carboxylic acids is 1. The summed E-state index contributed by atoms with van der Waals surface area (Å²) in [5.74, 6) is 0.541. The van der Waals surface area contributed by atoms with Crippen LogP contribution >= 0.6 is 0 Å². The number of nitrogens with one attached hydrogen (secondary N) is 1. The summed E-state index contributed by atoms with van der Waals surface area (Å²) in [6.07, 6.45) is 1.20. The molecule has 0 spiro atoms. The lowest BCUT2D eigenvalue weighted by molar-refractivity contribution is -0.144. The second kappa shape index (κ2) is 6.86. The molecule has 1 fully saturated rings. The molecule has 0 aromatic heterocycles. The molecular weight excluding hydrogens is 204 g/mol. The molecule has 94 valence electrons. The number of ether oxygens (including phenoxy) is 1. The van der Waals surface area contributed by atoms with Gasteiger partial charge in [-0.1, -0.05) is 13.8 Å². The van der Waals surface area contributed by atoms with Gasteiger partial charge >= 0.3 is 5.97 Å². The number of likely N-dealkylation sites (N-methyl/N-ethyl adjacent to an activating group) is 1. The molecule has 0 aromatic carbocycles. The van der Waals surface area contributed by atoms with E-state index in [1.165, 1.54) is 6.42 Å². The van der Waals surface area contributed by atoms with Crippen molar-refractivity contribution in [2.24, 2.45) is 5.92 Å². The number of likely N-dealkylation sites (tertiary alicyclic amines) is 1. The summed E-state index contributed by atoms with van der Waals surface area (Å²) >= 11 is 0. The van der Waals surface area contributed by atoms with Crippen LogP contribution in [-0.4, -0.2) is 49.7 Å². The number of hydrogen-bond donors (Lipinski definition) is 1. The van der Waals surface area contributed by atoms with Crippen molar-refractivity contribution in [1.82, 2.24) is 10.2 Å². The lowest BCUT2D eigenvalue weighted by Crippen LogP contribution is -2.50. The molecule has 1 saturated heterocycles. The normalized spacial score (nSPS) is 26.7. The van der Waals surface area contributed by atoms with Gasteiger partial charge < -0.3 is 10.1 Å². The third kappa shape index (κ3) is 4.49. The molecule has 1 rings (SSSR count). The van der Waals surface area contributed by atoms with Crippen molar-refractivity contribution in [3.05, 3.63) is 0 Å². The van der Waals surface area contributed by atoms with Crippen LogP contribution in [0.1, 0.15) is 27.2 Å². The lowest BCUT2D eigenvalue weighted by atomic mass is 9.96. The van der Waals surface area contributed by atoms with Gasteiger partial charge in [-0.2, -0.15) is 0 Å². The molecule has 2 atom stereocenters. The summed E-state index contributed by atoms with van der Waals surface area (Å²) in [5.41, 5.74) is 0. The van der Waals surface area contributed by atoms with Crippen LogP contribution in [0.3, 0.4) is 0 Å². The zero-order valence-electron chi connectivity index (χ0n) is 10.7. The van der Waals surface area contributed by atoms with Crippen molar-refractivity contribution in [2.45, 2.75) is 33.2 Å². The summed E-state index contributed by atoms with van der Waals surface area (Å²) in [6.45, 7) is 10.1. The number of piperidine rings is 1. The van der Waals surface area contributed by atoms with Gasteiger partial charge in [0.1, 0.15) is 0 Å². The van der Waals surface area contributed by atoms with Crippen LogP contribution in [0.5, 0.6) is 0 Å². The highest BCUT2D eigenvalue weighted by atomic mass is 16.5. The summed E-state index contributed by atoms with van der Waals surface area (Å²) in [6, 6.07) is 0.517. The van der Waals surface area contributed by atoms with E-state index in [0.717, 1.165) is 19.6 Å². The summed E-state index contributed by atoms with van der Waals surface area (Å²) in [4.78, 5) is 13.6. The second-order valence-electron chi connectivity index (χ2n) is 4.59. The molecule has 1 heterocycles. The number of rotatable bonds is 5. The van der Waals surface area contributed by atoms with Crippen LogP contribution in [0, 0.1) is 5.92 Å². The van der Waals surface area contributed by atoms with Crippen LogP contribution < -0.4 is 5.32 Å². The average molecular weight is 228 g/mol. The van der Waals surface area contributed by atoms with Crippen LogP contribution in [0.2, 0.25) is 0 Å². The van der Waals surface area contributed by atoms with Crippen molar-refractivity contribution in [3.63, 3.8) is 0 Å². The van der Waals surface area contributed by atoms with Crippen molar-refractivity contribution in [2.75, 3.05) is 32.8 Å². The van der Waals surface area contributed by atoms with E-state index in [-0.39, 0.29) is 5.97 Å². The van der Waals surface area contributed by atoms with Gasteiger partial charge in [0.25, 0.3) is 0 Å². The fourth-order valence-electron chi connectivity index (χ4n) is 2.42. The minimum absolute atomic E-state index is 0.105. The smallest absolute Gasteiger partial charge is 0.320 e. The van der Waals surface area contributed by atoms with Crippen molar-refractivity contribution in [1.29, 1.82) is 0 Å². The topological polar surface area (TPSA) is 41.6 Å². The van der Waals surface area contributed by atoms with Gasteiger partial charge in [0, 0.05) is 19.1 Å². The van der Waals surface area contributed by atoms with E-state index in [4.69, 9.17) is 4.74 Å². The highest BCUT2D eigenvalue weighted by Crippen LogP contribution is 2.16. The second-order valence-corrected chi connectivity index (χ2v) is 4.59. The van der Waals surface area contributed by atoms with Gasteiger partial charge in [-0.05, 0) is 25.8 Å². The third-order valence-electron chi connectivity index (χ3n) is 2.89. The quantitative estimate of drug-likeness (QED) is 0.709. The Morgan fingerprint density at radius 2 is 2.19 bits per heavy atom. The van der Waals surface area contributed by atoms with Gasteiger partial charge in [-0.3, -0.25) is 9.69 Å². The molecule has 0 aliphatic carbocycles. The molecule has 1 N–H and O–H groups in total. The Morgan fingerprint density at radius 1 is 1.44 bits per heavy atom. The Kier molecular flexibility index (Phi) is 5.77. The largest absolute Gasteiger partial charge is 0.465 e. The maximum atomic E-state index is 11.4. The molecule has 16 heavy (non-hydrogen) atoms. The van der Waals surface area contributed by atoms with E-state index < -0.39 is 0 Å². The van der Waals surface area contributed by atoms with Crippen LogP contribution in [0.15, 0.2) is 0 Å². The Labute approximate surface area is 98.3 Å². The van der Waals surface area contributed by atoms with E-state index in [9.17, 15) is 4.79 Å². The van der Waals surface area contributed by atoms with Gasteiger partial charge in [0.15, 0.2) is 0 Å². The van der Waals surface area contributed by atoms with E-state index in [1.807, 2.05) is 6.92 Å². The maximum absolute atomic E-state index is 11.4. The number of nitrogens with zero attached hydrogens (tertiary/aromatic N) is 1. The van der Waals surface area contributed by atoms with E-state index in [2.05, 4.69) is 24.1 Å². The molecule has 4 heteroatoms. The monoisotopic (exact) mass is 228 g/mol. The SMILES string of the molecule is CCNC1CC(C)CN(CC(=O)OCC)C1. The molecule has 0 bridgehead atoms. The number of hydrogen-bond acceptors (Lipinski definition) is 4. The molecule has 4 nitrogen and oxygen atoms in total. The summed E-state index contributed by atoms with van der Waals surface area (Å²) in [5, 5.41) is 3.46. The Morgan fingerprint density at radius 3 is 2.81 bits per heavy atom. The zero-order valence-corrected chi connectivity index (χ0v) is 10.7. The summed E-state index contributed by atoms with van der Waals surface area (Å²) < 4.78 is 4.97. The van der Waals surface area contributed by atoms with E-state index >= 15 is 0 Å². The Balaban J connectivity index is 2.37. The predicted molar refractivity (Wildman–Crippen MR) is 64.3 cm³/mol. The van der Waals surface area contributed by atoms with Crippen molar-refractivity contribution < 1.29 is 9.53 Å². The first kappa shape index (κ1) is 13.5. The minimum Gasteiger partial charge on any atom is -0.465 e. The summed E-state index contributed by atoms with van der Waals surface area (Å²) in [7, 11) is 0. The first-order chi connectivity index (χ1) is 7.65. The first-order valence-electron chi connectivity index (χ1n) is 6.27. The van der Waals surface area contributed by atoms with E-state index in [1.54, 1.807) is 0 Å². The zero-order chi connectivity index (χ0) is 12.0. The fraction of sp³-hybridized carbons (Fsp3) is 0.917. The van der Waals surface area contributed by atoms with Crippen LogP contribution in [0.4, 0.5) is 0 Å². The predicted octanol–water partition coefficient (Wildman–Crippen LogP) is 0.869. The van der Waals surface area contributed by atoms with Crippen LogP contribution in [-0.2, 0) is 9.53 Å². The molecule has 1 aliphatic heterocycles. The highest BCUT2D eigenvalue weighted by molar-refractivity contribution is 5.71. The highest BCUT2D eigenvalue weighted by Gasteiger charge is 2.25. The van der Waals surface area contributed by atoms with Crippen molar-refractivity contribution in [3.8, 4) is 0 Å².